The van der Waals surface area contributed by atoms with E-state index in [1.54, 1.807) is 0 Å². The Hall–Kier alpha value is -6.23. The van der Waals surface area contributed by atoms with Gasteiger partial charge in [0.05, 0.1) is 0 Å². The summed E-state index contributed by atoms with van der Waals surface area (Å²) in [5, 5.41) is 17.1. The van der Waals surface area contributed by atoms with Crippen molar-refractivity contribution in [2.45, 2.75) is 12.3 Å². The molecule has 10 rings (SSSR count). The maximum Gasteiger partial charge on any atom is 0.143 e. The third kappa shape index (κ3) is 4.61. The summed E-state index contributed by atoms with van der Waals surface area (Å²) in [6.45, 7) is 0. The van der Waals surface area contributed by atoms with Crippen molar-refractivity contribution in [1.82, 2.24) is 10.6 Å². The van der Waals surface area contributed by atoms with E-state index in [1.807, 2.05) is 6.07 Å². The van der Waals surface area contributed by atoms with Crippen molar-refractivity contribution in [2.75, 3.05) is 0 Å². The van der Waals surface area contributed by atoms with Gasteiger partial charge in [0, 0.05) is 27.5 Å². The van der Waals surface area contributed by atoms with Crippen LogP contribution in [0, 0.1) is 0 Å². The van der Waals surface area contributed by atoms with Crippen LogP contribution in [0.3, 0.4) is 0 Å². The van der Waals surface area contributed by atoms with Crippen LogP contribution >= 0.6 is 0 Å². The van der Waals surface area contributed by atoms with Crippen molar-refractivity contribution in [3.05, 3.63) is 180 Å². The van der Waals surface area contributed by atoms with Crippen molar-refractivity contribution in [3.8, 4) is 11.1 Å². The molecule has 0 aliphatic carbocycles. The van der Waals surface area contributed by atoms with E-state index in [9.17, 15) is 0 Å². The van der Waals surface area contributed by atoms with Gasteiger partial charge in [-0.3, -0.25) is 5.32 Å². The van der Waals surface area contributed by atoms with Crippen LogP contribution in [-0.2, 0) is 0 Å². The molecule has 0 saturated carbocycles. The van der Waals surface area contributed by atoms with Gasteiger partial charge in [0.15, 0.2) is 0 Å². The van der Waals surface area contributed by atoms with Gasteiger partial charge in [-0.1, -0.05) is 146 Å². The summed E-state index contributed by atoms with van der Waals surface area (Å²) in [5.74, 6) is 0.857. The van der Waals surface area contributed by atoms with E-state index in [0.29, 0.717) is 0 Å². The average Bonchev–Trinajstić information content (AvgIpc) is 3.57. The Labute approximate surface area is 283 Å². The van der Waals surface area contributed by atoms with Gasteiger partial charge in [-0.05, 0) is 61.6 Å². The van der Waals surface area contributed by atoms with Crippen molar-refractivity contribution in [3.63, 3.8) is 0 Å². The number of para-hydroxylation sites is 1. The number of furan rings is 1. The molecule has 8 aromatic carbocycles. The number of hydrogen-bond donors (Lipinski definition) is 2. The van der Waals surface area contributed by atoms with Crippen LogP contribution in [0.4, 0.5) is 0 Å². The monoisotopic (exact) mass is 629 g/mol. The zero-order valence-electron chi connectivity index (χ0n) is 26.6. The van der Waals surface area contributed by atoms with Crippen LogP contribution in [0.25, 0.3) is 65.4 Å². The van der Waals surface area contributed by atoms with Gasteiger partial charge in [-0.25, -0.2) is 4.99 Å². The Morgan fingerprint density at radius 3 is 2.10 bits per heavy atom. The second-order valence-electron chi connectivity index (χ2n) is 12.8. The summed E-state index contributed by atoms with van der Waals surface area (Å²) in [5.41, 5.74) is 7.30. The van der Waals surface area contributed by atoms with Crippen LogP contribution in [0.15, 0.2) is 173 Å². The lowest BCUT2D eigenvalue weighted by atomic mass is 9.92. The molecule has 2 unspecified atom stereocenters. The fourth-order valence-electron chi connectivity index (χ4n) is 7.61. The molecule has 1 aliphatic rings. The minimum atomic E-state index is -0.251. The number of benzene rings is 8. The Balaban J connectivity index is 1.15. The third-order valence-corrected chi connectivity index (χ3v) is 9.92. The number of amidine groups is 1. The Bertz CT molecular complexity index is 2740. The molecule has 2 N–H and O–H groups in total. The lowest BCUT2D eigenvalue weighted by Crippen LogP contribution is -2.45. The van der Waals surface area contributed by atoms with E-state index in [-0.39, 0.29) is 12.3 Å². The molecule has 0 bridgehead atoms. The van der Waals surface area contributed by atoms with Crippen LogP contribution in [0.5, 0.6) is 0 Å². The third-order valence-electron chi connectivity index (χ3n) is 9.92. The molecular weight excluding hydrogens is 599 g/mol. The summed E-state index contributed by atoms with van der Waals surface area (Å²) in [7, 11) is 0. The van der Waals surface area contributed by atoms with Gasteiger partial charge >= 0.3 is 0 Å². The maximum absolute atomic E-state index is 6.82. The van der Waals surface area contributed by atoms with E-state index in [2.05, 4.69) is 168 Å². The summed E-state index contributed by atoms with van der Waals surface area (Å²) < 4.78 is 6.82. The van der Waals surface area contributed by atoms with Gasteiger partial charge in [-0.15, -0.1) is 0 Å². The molecule has 0 amide bonds. The van der Waals surface area contributed by atoms with Crippen molar-refractivity contribution >= 4 is 60.1 Å². The summed E-state index contributed by atoms with van der Waals surface area (Å²) in [6, 6.07) is 58.0. The van der Waals surface area contributed by atoms with Crippen molar-refractivity contribution in [1.29, 1.82) is 0 Å². The first kappa shape index (κ1) is 27.8. The summed E-state index contributed by atoms with van der Waals surface area (Å²) in [6.07, 6.45) is -0.474. The second-order valence-corrected chi connectivity index (χ2v) is 12.8. The van der Waals surface area contributed by atoms with E-state index in [1.165, 1.54) is 37.9 Å². The van der Waals surface area contributed by atoms with Crippen molar-refractivity contribution in [2.24, 2.45) is 4.99 Å². The van der Waals surface area contributed by atoms with Crippen LogP contribution < -0.4 is 10.6 Å². The lowest BCUT2D eigenvalue weighted by Gasteiger charge is -2.32. The highest BCUT2D eigenvalue weighted by Gasteiger charge is 2.28. The molecular formula is C45H31N3O. The van der Waals surface area contributed by atoms with Gasteiger partial charge in [0.1, 0.15) is 29.3 Å². The molecule has 9 aromatic rings. The highest BCUT2D eigenvalue weighted by Crippen LogP contribution is 2.42. The zero-order chi connectivity index (χ0) is 32.3. The zero-order valence-corrected chi connectivity index (χ0v) is 26.6. The number of aliphatic imine (C=N–C) groups is 1. The molecule has 0 radical (unpaired) electrons. The largest absolute Gasteiger partial charge is 0.455 e. The predicted molar refractivity (Wildman–Crippen MR) is 203 cm³/mol. The number of rotatable bonds is 4. The molecule has 2 atom stereocenters. The first-order chi connectivity index (χ1) is 24.3. The lowest BCUT2D eigenvalue weighted by molar-refractivity contribution is 0.411. The van der Waals surface area contributed by atoms with E-state index < -0.39 is 0 Å². The minimum Gasteiger partial charge on any atom is -0.455 e. The quantitative estimate of drug-likeness (QED) is 0.190. The smallest absolute Gasteiger partial charge is 0.143 e. The minimum absolute atomic E-state index is 0.223. The number of nitrogens with zero attached hydrogens (tertiary/aromatic N) is 1. The van der Waals surface area contributed by atoms with Gasteiger partial charge in [0.2, 0.25) is 0 Å². The van der Waals surface area contributed by atoms with Crippen LogP contribution in [0.2, 0.25) is 0 Å². The number of fused-ring (bicyclic) bond motifs is 7. The fourth-order valence-corrected chi connectivity index (χ4v) is 7.61. The average molecular weight is 630 g/mol. The first-order valence-corrected chi connectivity index (χ1v) is 16.8. The van der Waals surface area contributed by atoms with Gasteiger partial charge < -0.3 is 9.73 Å². The molecule has 2 heterocycles. The predicted octanol–water partition coefficient (Wildman–Crippen LogP) is 11.0. The maximum atomic E-state index is 6.82. The highest BCUT2D eigenvalue weighted by atomic mass is 16.3. The molecule has 1 aliphatic heterocycles. The Morgan fingerprint density at radius 2 is 1.22 bits per heavy atom. The van der Waals surface area contributed by atoms with E-state index >= 15 is 0 Å². The SMILES string of the molecule is c1ccc(C2=NC(c3ccc4ccccc4c3)NC(c3cccc4oc5c(-c6cc7ccccc7c7ccccc67)cccc5c34)N2)cc1. The Kier molecular flexibility index (Phi) is 6.36. The number of nitrogens with one attached hydrogen (secondary N) is 2. The molecule has 0 fully saturated rings. The molecule has 49 heavy (non-hydrogen) atoms. The number of hydrogen-bond acceptors (Lipinski definition) is 4. The van der Waals surface area contributed by atoms with E-state index in [4.69, 9.17) is 9.41 Å². The van der Waals surface area contributed by atoms with Gasteiger partial charge in [0.25, 0.3) is 0 Å². The van der Waals surface area contributed by atoms with Crippen LogP contribution in [-0.4, -0.2) is 5.84 Å². The highest BCUT2D eigenvalue weighted by molar-refractivity contribution is 6.18. The standard InChI is InChI=1S/C45H31N3O/c1-2-13-29(14-3-1)43-46-44(32-25-24-28-12-4-5-15-30(28)26-32)48-45(47-43)38-22-11-23-40-41(38)37-21-10-20-36(42(37)49-40)39-27-31-16-6-7-17-33(31)34-18-8-9-19-35(34)39/h1-27,44-45,48H,(H,46,47). The summed E-state index contributed by atoms with van der Waals surface area (Å²) in [4.78, 5) is 5.21. The summed E-state index contributed by atoms with van der Waals surface area (Å²) >= 11 is 0. The molecule has 1 aromatic heterocycles. The molecule has 232 valence electrons. The molecule has 4 nitrogen and oxygen atoms in total. The normalized spacial score (nSPS) is 16.4. The van der Waals surface area contributed by atoms with Crippen LogP contribution in [0.1, 0.15) is 29.0 Å². The first-order valence-electron chi connectivity index (χ1n) is 16.8. The Morgan fingerprint density at radius 1 is 0.510 bits per heavy atom. The van der Waals surface area contributed by atoms with Gasteiger partial charge in [-0.2, -0.15) is 0 Å². The fraction of sp³-hybridized carbons (Fsp3) is 0.0444. The van der Waals surface area contributed by atoms with Crippen molar-refractivity contribution < 1.29 is 4.42 Å². The topological polar surface area (TPSA) is 49.6 Å². The van der Waals surface area contributed by atoms with E-state index in [0.717, 1.165) is 50.0 Å². The molecule has 0 saturated heterocycles. The second kappa shape index (κ2) is 11.2. The molecule has 0 spiro atoms. The molecule has 4 heteroatoms.